The van der Waals surface area contributed by atoms with E-state index in [1.54, 1.807) is 0 Å². The van der Waals surface area contributed by atoms with Gasteiger partial charge in [-0.15, -0.1) is 0 Å². The van der Waals surface area contributed by atoms with Gasteiger partial charge in [-0.1, -0.05) is 0 Å². The van der Waals surface area contributed by atoms with Crippen molar-refractivity contribution in [3.63, 3.8) is 0 Å². The number of esters is 2. The molecule has 0 radical (unpaired) electrons. The zero-order valence-corrected chi connectivity index (χ0v) is 8.82. The molecule has 0 heterocycles. The van der Waals surface area contributed by atoms with Gasteiger partial charge in [0.1, 0.15) is 17.8 Å². The summed E-state index contributed by atoms with van der Waals surface area (Å²) >= 11 is 0. The normalized spacial score (nSPS) is 25.9. The van der Waals surface area contributed by atoms with Gasteiger partial charge in [-0.25, -0.2) is 0 Å². The summed E-state index contributed by atoms with van der Waals surface area (Å²) in [6, 6.07) is 0. The van der Waals surface area contributed by atoms with Gasteiger partial charge < -0.3 is 9.47 Å². The van der Waals surface area contributed by atoms with Crippen molar-refractivity contribution in [1.82, 2.24) is 0 Å². The van der Waals surface area contributed by atoms with Gasteiger partial charge in [0.2, 0.25) is 0 Å². The number of ether oxygens (including phenoxy) is 2. The third-order valence-electron chi connectivity index (χ3n) is 2.42. The fraction of sp³-hybridized carbons (Fsp3) is 0.700. The Morgan fingerprint density at radius 1 is 1.40 bits per heavy atom. The van der Waals surface area contributed by atoms with Crippen LogP contribution in [0.15, 0.2) is 0 Å². The van der Waals surface area contributed by atoms with Crippen LogP contribution in [-0.2, 0) is 23.9 Å². The van der Waals surface area contributed by atoms with Gasteiger partial charge in [-0.05, 0) is 6.42 Å². The van der Waals surface area contributed by atoms with Gasteiger partial charge >= 0.3 is 11.9 Å². The fourth-order valence-corrected chi connectivity index (χ4v) is 1.70. The lowest BCUT2D eigenvalue weighted by atomic mass is 9.86. The lowest BCUT2D eigenvalue weighted by Crippen LogP contribution is -2.36. The summed E-state index contributed by atoms with van der Waals surface area (Å²) in [5.74, 6) is -1.84. The smallest absolute Gasteiger partial charge is 0.316 e. The highest BCUT2D eigenvalue weighted by molar-refractivity contribution is 5.99. The molecule has 0 aromatic heterocycles. The molecule has 0 saturated heterocycles. The van der Waals surface area contributed by atoms with Gasteiger partial charge in [-0.3, -0.25) is 14.4 Å². The van der Waals surface area contributed by atoms with E-state index in [0.717, 1.165) is 0 Å². The molecule has 5 heteroatoms. The Bertz CT molecular complexity index is 276. The zero-order valence-electron chi connectivity index (χ0n) is 8.82. The van der Waals surface area contributed by atoms with Crippen LogP contribution in [0.1, 0.15) is 26.2 Å². The molecule has 0 aromatic rings. The number of methoxy groups -OCH3 is 1. The van der Waals surface area contributed by atoms with E-state index in [2.05, 4.69) is 4.74 Å². The van der Waals surface area contributed by atoms with Gasteiger partial charge in [0, 0.05) is 19.8 Å². The first-order valence-corrected chi connectivity index (χ1v) is 4.82. The summed E-state index contributed by atoms with van der Waals surface area (Å²) in [5, 5.41) is 0. The van der Waals surface area contributed by atoms with Gasteiger partial charge in [-0.2, -0.15) is 0 Å². The molecule has 1 rings (SSSR count). The number of carbonyl (C=O) groups excluding carboxylic acids is 3. The second-order valence-corrected chi connectivity index (χ2v) is 3.55. The molecule has 0 spiro atoms. The molecule has 0 aliphatic heterocycles. The van der Waals surface area contributed by atoms with E-state index < -0.39 is 17.9 Å². The van der Waals surface area contributed by atoms with Crippen LogP contribution in [0.5, 0.6) is 0 Å². The fourth-order valence-electron chi connectivity index (χ4n) is 1.70. The molecular weight excluding hydrogens is 200 g/mol. The molecule has 0 aromatic carbocycles. The highest BCUT2D eigenvalue weighted by Crippen LogP contribution is 2.24. The predicted octanol–water partition coefficient (Wildman–Crippen LogP) is 0.460. The molecule has 0 amide bonds. The van der Waals surface area contributed by atoms with Crippen molar-refractivity contribution < 1.29 is 23.9 Å². The van der Waals surface area contributed by atoms with Crippen molar-refractivity contribution in [3.8, 4) is 0 Å². The summed E-state index contributed by atoms with van der Waals surface area (Å²) in [4.78, 5) is 33.3. The second-order valence-electron chi connectivity index (χ2n) is 3.55. The van der Waals surface area contributed by atoms with E-state index in [4.69, 9.17) is 4.74 Å². The minimum Gasteiger partial charge on any atom is -0.468 e. The summed E-state index contributed by atoms with van der Waals surface area (Å²) in [6.07, 6.45) is 0.652. The average molecular weight is 214 g/mol. The van der Waals surface area contributed by atoms with E-state index in [9.17, 15) is 14.4 Å². The van der Waals surface area contributed by atoms with E-state index in [1.807, 2.05) is 0 Å². The van der Waals surface area contributed by atoms with Crippen molar-refractivity contribution in [3.05, 3.63) is 0 Å². The topological polar surface area (TPSA) is 69.7 Å². The number of hydrogen-bond acceptors (Lipinski definition) is 5. The van der Waals surface area contributed by atoms with Crippen LogP contribution in [0, 0.1) is 5.92 Å². The Labute approximate surface area is 87.7 Å². The van der Waals surface area contributed by atoms with E-state index in [0.29, 0.717) is 6.42 Å². The van der Waals surface area contributed by atoms with Crippen molar-refractivity contribution in [2.75, 3.05) is 7.11 Å². The summed E-state index contributed by atoms with van der Waals surface area (Å²) < 4.78 is 9.48. The Balaban J connectivity index is 2.59. The minimum atomic E-state index is -0.770. The maximum atomic E-state index is 11.4. The van der Waals surface area contributed by atoms with E-state index >= 15 is 0 Å². The maximum absolute atomic E-state index is 11.4. The summed E-state index contributed by atoms with van der Waals surface area (Å²) in [5.41, 5.74) is 0. The summed E-state index contributed by atoms with van der Waals surface area (Å²) in [6.45, 7) is 1.31. The Morgan fingerprint density at radius 2 is 2.07 bits per heavy atom. The number of Topliss-reactive ketones (excluding diaryl/α,β-unsaturated/α-hetero) is 1. The predicted molar refractivity (Wildman–Crippen MR) is 49.9 cm³/mol. The molecule has 1 fully saturated rings. The number of carbonyl (C=O) groups is 3. The van der Waals surface area contributed by atoms with Crippen LogP contribution in [-0.4, -0.2) is 30.9 Å². The number of ketones is 1. The molecule has 1 aliphatic rings. The van der Waals surface area contributed by atoms with Crippen LogP contribution in [0.25, 0.3) is 0 Å². The quantitative estimate of drug-likeness (QED) is 0.493. The van der Waals surface area contributed by atoms with Crippen LogP contribution in [0.2, 0.25) is 0 Å². The second kappa shape index (κ2) is 4.91. The zero-order chi connectivity index (χ0) is 11.4. The van der Waals surface area contributed by atoms with Gasteiger partial charge in [0.25, 0.3) is 0 Å². The standard InChI is InChI=1S/C10H14O5/c1-6(11)15-7-3-4-9(12)8(5-7)10(13)14-2/h7-8H,3-5H2,1-2H3. The van der Waals surface area contributed by atoms with Crippen LogP contribution >= 0.6 is 0 Å². The Morgan fingerprint density at radius 3 is 2.60 bits per heavy atom. The molecule has 84 valence electrons. The monoisotopic (exact) mass is 214 g/mol. The molecule has 1 saturated carbocycles. The van der Waals surface area contributed by atoms with Crippen LogP contribution < -0.4 is 0 Å². The Hall–Kier alpha value is -1.39. The average Bonchev–Trinajstić information content (AvgIpc) is 2.19. The molecule has 2 unspecified atom stereocenters. The maximum Gasteiger partial charge on any atom is 0.316 e. The molecule has 1 aliphatic carbocycles. The SMILES string of the molecule is COC(=O)C1CC(OC(C)=O)CCC1=O. The number of rotatable bonds is 2. The van der Waals surface area contributed by atoms with Gasteiger partial charge in [0.15, 0.2) is 0 Å². The van der Waals surface area contributed by atoms with Crippen molar-refractivity contribution >= 4 is 17.7 Å². The third-order valence-corrected chi connectivity index (χ3v) is 2.42. The highest BCUT2D eigenvalue weighted by atomic mass is 16.5. The van der Waals surface area contributed by atoms with E-state index in [1.165, 1.54) is 14.0 Å². The molecule has 0 N–H and O–H groups in total. The first kappa shape index (κ1) is 11.7. The third kappa shape index (κ3) is 3.04. The van der Waals surface area contributed by atoms with Gasteiger partial charge in [0.05, 0.1) is 7.11 Å². The lowest BCUT2D eigenvalue weighted by Gasteiger charge is -2.25. The largest absolute Gasteiger partial charge is 0.468 e. The van der Waals surface area contributed by atoms with Crippen molar-refractivity contribution in [2.24, 2.45) is 5.92 Å². The first-order chi connectivity index (χ1) is 7.04. The highest BCUT2D eigenvalue weighted by Gasteiger charge is 2.35. The first-order valence-electron chi connectivity index (χ1n) is 4.82. The molecule has 5 nitrogen and oxygen atoms in total. The van der Waals surface area contributed by atoms with Crippen LogP contribution in [0.4, 0.5) is 0 Å². The summed E-state index contributed by atoms with van der Waals surface area (Å²) in [7, 11) is 1.24. The molecule has 15 heavy (non-hydrogen) atoms. The molecule has 2 atom stereocenters. The molecule has 0 bridgehead atoms. The van der Waals surface area contributed by atoms with Crippen molar-refractivity contribution in [1.29, 1.82) is 0 Å². The van der Waals surface area contributed by atoms with Crippen molar-refractivity contribution in [2.45, 2.75) is 32.3 Å². The Kier molecular flexibility index (Phi) is 3.82. The minimum absolute atomic E-state index is 0.134. The molecular formula is C10H14O5. The number of hydrogen-bond donors (Lipinski definition) is 0. The van der Waals surface area contributed by atoms with E-state index in [-0.39, 0.29) is 24.7 Å². The lowest BCUT2D eigenvalue weighted by molar-refractivity contribution is -0.159. The van der Waals surface area contributed by atoms with Crippen LogP contribution in [0.3, 0.4) is 0 Å².